The number of nitrogens with two attached hydrogens (primary N) is 1. The van der Waals surface area contributed by atoms with Crippen molar-refractivity contribution in [2.45, 2.75) is 42.6 Å². The zero-order valence-corrected chi connectivity index (χ0v) is 24.0. The summed E-state index contributed by atoms with van der Waals surface area (Å²) in [5.74, 6) is -2.88. The number of aliphatic imine (C=N–C) groups is 1. The molecule has 3 atom stereocenters. The van der Waals surface area contributed by atoms with E-state index in [9.17, 15) is 26.0 Å². The quantitative estimate of drug-likeness (QED) is 0.494. The summed E-state index contributed by atoms with van der Waals surface area (Å²) in [5, 5.41) is 2.54. The Kier molecular flexibility index (Phi) is 7.33. The van der Waals surface area contributed by atoms with Crippen LogP contribution in [0.5, 0.6) is 0 Å². The van der Waals surface area contributed by atoms with Crippen LogP contribution in [0.15, 0.2) is 41.5 Å². The van der Waals surface area contributed by atoms with Crippen LogP contribution in [0.4, 0.5) is 14.5 Å². The van der Waals surface area contributed by atoms with Gasteiger partial charge in [0.1, 0.15) is 27.6 Å². The van der Waals surface area contributed by atoms with E-state index >= 15 is 4.39 Å². The highest BCUT2D eigenvalue weighted by atomic mass is 32.2. The maximum Gasteiger partial charge on any atom is 0.274 e. The van der Waals surface area contributed by atoms with Crippen molar-refractivity contribution < 1.29 is 35.1 Å². The average Bonchev–Trinajstić information content (AvgIpc) is 3.60. The normalized spacial score (nSPS) is 28.1. The molecule has 5 rings (SSSR count). The Hall–Kier alpha value is -3.21. The highest BCUT2D eigenvalue weighted by Crippen LogP contribution is 2.52. The Morgan fingerprint density at radius 1 is 1.27 bits per heavy atom. The van der Waals surface area contributed by atoms with E-state index in [1.54, 1.807) is 0 Å². The molecule has 41 heavy (non-hydrogen) atoms. The van der Waals surface area contributed by atoms with Gasteiger partial charge in [0.2, 0.25) is 26.0 Å². The minimum atomic E-state index is -4.39. The second kappa shape index (κ2) is 10.3. The van der Waals surface area contributed by atoms with Gasteiger partial charge < -0.3 is 15.8 Å². The first-order valence-corrected chi connectivity index (χ1v) is 15.9. The molecule has 1 amide bonds. The fourth-order valence-electron chi connectivity index (χ4n) is 5.73. The molecule has 2 aromatic rings. The molecule has 16 heteroatoms. The number of pyridine rings is 1. The summed E-state index contributed by atoms with van der Waals surface area (Å²) in [6, 6.07) is 5.77. The molecular weight excluding hydrogens is 582 g/mol. The Morgan fingerprint density at radius 2 is 2.02 bits per heavy atom. The predicted molar refractivity (Wildman–Crippen MR) is 146 cm³/mol. The molecular formula is C25H30F2N6O6S2. The first-order valence-electron chi connectivity index (χ1n) is 12.9. The maximum atomic E-state index is 15.6. The number of rotatable bonds is 6. The second-order valence-electron chi connectivity index (χ2n) is 10.5. The number of halogens is 2. The molecule has 2 fully saturated rings. The largest absolute Gasteiger partial charge is 0.377 e. The van der Waals surface area contributed by atoms with E-state index in [-0.39, 0.29) is 35.7 Å². The van der Waals surface area contributed by atoms with E-state index < -0.39 is 66.5 Å². The van der Waals surface area contributed by atoms with Crippen LogP contribution in [0.25, 0.3) is 0 Å². The lowest BCUT2D eigenvalue weighted by atomic mass is 9.78. The highest BCUT2D eigenvalue weighted by molar-refractivity contribution is 7.91. The van der Waals surface area contributed by atoms with E-state index in [0.29, 0.717) is 13.0 Å². The summed E-state index contributed by atoms with van der Waals surface area (Å²) < 4.78 is 89.0. The Bertz CT molecular complexity index is 1620. The summed E-state index contributed by atoms with van der Waals surface area (Å²) in [6.07, 6.45) is 1.51. The summed E-state index contributed by atoms with van der Waals surface area (Å²) in [5.41, 5.74) is 3.90. The fourth-order valence-corrected chi connectivity index (χ4v) is 9.68. The van der Waals surface area contributed by atoms with Crippen molar-refractivity contribution in [3.63, 3.8) is 0 Å². The van der Waals surface area contributed by atoms with Crippen molar-refractivity contribution in [2.75, 3.05) is 37.8 Å². The van der Waals surface area contributed by atoms with Crippen LogP contribution in [0, 0.1) is 11.6 Å². The number of hydrogen-bond acceptors (Lipinski definition) is 9. The van der Waals surface area contributed by atoms with Crippen LogP contribution in [-0.4, -0.2) is 85.6 Å². The number of carbonyl (C=O) groups excluding carboxylic acids is 1. The van der Waals surface area contributed by atoms with Crippen molar-refractivity contribution in [1.29, 1.82) is 0 Å². The van der Waals surface area contributed by atoms with Crippen LogP contribution in [-0.2, 0) is 30.3 Å². The van der Waals surface area contributed by atoms with Gasteiger partial charge in [0, 0.05) is 38.0 Å². The van der Waals surface area contributed by atoms with Crippen molar-refractivity contribution in [1.82, 2.24) is 13.6 Å². The second-order valence-corrected chi connectivity index (χ2v) is 14.8. The smallest absolute Gasteiger partial charge is 0.274 e. The molecule has 0 radical (unpaired) electrons. The number of carbonyl (C=O) groups is 1. The molecule has 1 spiro atoms. The summed E-state index contributed by atoms with van der Waals surface area (Å²) >= 11 is 0. The van der Waals surface area contributed by atoms with E-state index in [1.165, 1.54) is 32.2 Å². The summed E-state index contributed by atoms with van der Waals surface area (Å²) in [6.45, 7) is 1.23. The molecule has 0 bridgehead atoms. The molecule has 4 heterocycles. The number of hydrogen-bond donors (Lipinski definition) is 2. The lowest BCUT2D eigenvalue weighted by Crippen LogP contribution is -2.66. The molecule has 12 nitrogen and oxygen atoms in total. The third-order valence-electron chi connectivity index (χ3n) is 8.12. The zero-order valence-electron chi connectivity index (χ0n) is 22.4. The van der Waals surface area contributed by atoms with Gasteiger partial charge in [0.15, 0.2) is 0 Å². The molecule has 1 unspecified atom stereocenters. The Morgan fingerprint density at radius 3 is 2.68 bits per heavy atom. The van der Waals surface area contributed by atoms with Crippen LogP contribution in [0.2, 0.25) is 0 Å². The first-order chi connectivity index (χ1) is 19.2. The summed E-state index contributed by atoms with van der Waals surface area (Å²) in [7, 11) is -7.11. The molecule has 2 saturated heterocycles. The van der Waals surface area contributed by atoms with Crippen LogP contribution < -0.4 is 11.1 Å². The van der Waals surface area contributed by atoms with Gasteiger partial charge in [0.25, 0.3) is 5.91 Å². The number of nitrogens with one attached hydrogen (secondary N) is 1. The van der Waals surface area contributed by atoms with Gasteiger partial charge in [0.05, 0.1) is 18.1 Å². The minimum absolute atomic E-state index is 0.0832. The standard InChI is InChI=1S/C25H30F2N6O6S2/c1-24(19-12-17(6-7-20(19)27)30-22(34)21-8-5-16(26)13-29-21)25(41(37,38)32(2)23(28)31-24)9-10-33(15-25)40(35,36)14-18-4-3-11-39-18/h5-8,12-13,18H,3-4,9-11,14-15H2,1-2H3,(H2,28,31)(H,30,34)/t18?,24-,25-/m1/s1. The topological polar surface area (TPSA) is 164 Å². The SMILES string of the molecule is CN1C(N)=N[C@](C)(c2cc(NC(=O)c3ccc(F)cn3)ccc2F)[C@]2(CCN(S(=O)(=O)CC3CCCO3)C2)S1(=O)=O. The van der Waals surface area contributed by atoms with Crippen molar-refractivity contribution in [3.05, 3.63) is 59.4 Å². The van der Waals surface area contributed by atoms with Gasteiger partial charge in [-0.15, -0.1) is 0 Å². The van der Waals surface area contributed by atoms with Gasteiger partial charge in [-0.3, -0.25) is 4.79 Å². The lowest BCUT2D eigenvalue weighted by Gasteiger charge is -2.48. The van der Waals surface area contributed by atoms with Crippen LogP contribution in [0.1, 0.15) is 42.2 Å². The van der Waals surface area contributed by atoms with Gasteiger partial charge in [-0.1, -0.05) is 0 Å². The van der Waals surface area contributed by atoms with E-state index in [1.807, 2.05) is 0 Å². The number of nitrogens with zero attached hydrogens (tertiary/aromatic N) is 4. The number of ether oxygens (including phenoxy) is 1. The van der Waals surface area contributed by atoms with Crippen molar-refractivity contribution in [3.8, 4) is 0 Å². The Balaban J connectivity index is 1.55. The van der Waals surface area contributed by atoms with Gasteiger partial charge in [-0.25, -0.2) is 44.2 Å². The van der Waals surface area contributed by atoms with E-state index in [0.717, 1.165) is 33.4 Å². The van der Waals surface area contributed by atoms with Gasteiger partial charge >= 0.3 is 0 Å². The molecule has 222 valence electrons. The molecule has 3 N–H and O–H groups in total. The maximum absolute atomic E-state index is 15.6. The summed E-state index contributed by atoms with van der Waals surface area (Å²) in [4.78, 5) is 20.9. The third kappa shape index (κ3) is 4.85. The molecule has 0 saturated carbocycles. The number of aromatic nitrogens is 1. The number of amides is 1. The Labute approximate surface area is 236 Å². The first kappa shape index (κ1) is 29.3. The van der Waals surface area contributed by atoms with E-state index in [4.69, 9.17) is 10.5 Å². The number of guanidine groups is 1. The number of benzene rings is 1. The van der Waals surface area contributed by atoms with E-state index in [2.05, 4.69) is 15.3 Å². The predicted octanol–water partition coefficient (Wildman–Crippen LogP) is 1.37. The van der Waals surface area contributed by atoms with Gasteiger partial charge in [-0.05, 0) is 56.5 Å². The highest BCUT2D eigenvalue weighted by Gasteiger charge is 2.67. The molecule has 0 aliphatic carbocycles. The van der Waals surface area contributed by atoms with Crippen LogP contribution >= 0.6 is 0 Å². The average molecular weight is 613 g/mol. The van der Waals surface area contributed by atoms with Crippen molar-refractivity contribution in [2.24, 2.45) is 10.7 Å². The zero-order chi connectivity index (χ0) is 29.8. The molecule has 3 aliphatic rings. The third-order valence-corrected chi connectivity index (χ3v) is 12.6. The molecule has 1 aromatic heterocycles. The fraction of sp³-hybridized carbons (Fsp3) is 0.480. The molecule has 1 aromatic carbocycles. The molecule has 3 aliphatic heterocycles. The monoisotopic (exact) mass is 612 g/mol. The number of anilines is 1. The van der Waals surface area contributed by atoms with Gasteiger partial charge in [-0.2, -0.15) is 0 Å². The minimum Gasteiger partial charge on any atom is -0.377 e. The number of sulfonamides is 2. The van der Waals surface area contributed by atoms with Crippen LogP contribution in [0.3, 0.4) is 0 Å². The lowest BCUT2D eigenvalue weighted by molar-refractivity contribution is 0.102. The van der Waals surface area contributed by atoms with Crippen molar-refractivity contribution >= 4 is 37.6 Å².